The van der Waals surface area contributed by atoms with E-state index in [0.29, 0.717) is 4.67 Å². The lowest BCUT2D eigenvalue weighted by Gasteiger charge is -2.23. The number of rotatable bonds is 7. The van der Waals surface area contributed by atoms with Gasteiger partial charge in [-0.25, -0.2) is 18.1 Å². The van der Waals surface area contributed by atoms with Crippen LogP contribution in [-0.4, -0.2) is 47.2 Å². The molecule has 0 aliphatic rings. The third-order valence-electron chi connectivity index (χ3n) is 1.39. The minimum atomic E-state index is -4.96. The van der Waals surface area contributed by atoms with Crippen molar-refractivity contribution in [3.8, 4) is 0 Å². The molecule has 12 heteroatoms. The first-order valence-corrected chi connectivity index (χ1v) is 10.1. The van der Waals surface area contributed by atoms with E-state index in [0.717, 1.165) is 27.3 Å². The van der Waals surface area contributed by atoms with Crippen LogP contribution in [-0.2, 0) is 27.1 Å². The van der Waals surface area contributed by atoms with Gasteiger partial charge in [-0.2, -0.15) is 4.31 Å². The lowest BCUT2D eigenvalue weighted by Crippen LogP contribution is -2.22. The molecule has 0 aromatic rings. The minimum absolute atomic E-state index is 0.444. The van der Waals surface area contributed by atoms with Gasteiger partial charge in [0.2, 0.25) is 7.37 Å². The van der Waals surface area contributed by atoms with Crippen LogP contribution in [0.2, 0.25) is 0 Å². The molecule has 0 saturated carbocycles. The first-order chi connectivity index (χ1) is 7.75. The molecule has 108 valence electrons. The SMILES string of the molecule is CC(=O)CN(C)P(=O)(O)OP(=O)(O)OP(C)(C)=O. The molecule has 2 unspecified atom stereocenters. The van der Waals surface area contributed by atoms with Gasteiger partial charge in [0.1, 0.15) is 5.78 Å². The summed E-state index contributed by atoms with van der Waals surface area (Å²) in [5, 5.41) is 0. The van der Waals surface area contributed by atoms with Gasteiger partial charge in [0, 0.05) is 13.3 Å². The summed E-state index contributed by atoms with van der Waals surface area (Å²) in [5.41, 5.74) is 0. The molecule has 0 aromatic carbocycles. The van der Waals surface area contributed by atoms with Gasteiger partial charge >= 0.3 is 15.6 Å². The van der Waals surface area contributed by atoms with Gasteiger partial charge in [0.25, 0.3) is 0 Å². The predicted molar refractivity (Wildman–Crippen MR) is 64.6 cm³/mol. The minimum Gasteiger partial charge on any atom is -0.312 e. The normalized spacial score (nSPS) is 19.3. The van der Waals surface area contributed by atoms with Crippen molar-refractivity contribution in [3.63, 3.8) is 0 Å². The van der Waals surface area contributed by atoms with Crippen LogP contribution in [0.4, 0.5) is 0 Å². The molecule has 0 heterocycles. The van der Waals surface area contributed by atoms with Crippen molar-refractivity contribution in [2.24, 2.45) is 0 Å². The summed E-state index contributed by atoms with van der Waals surface area (Å²) in [5.74, 6) is -0.444. The van der Waals surface area contributed by atoms with Crippen molar-refractivity contribution in [1.29, 1.82) is 0 Å². The molecule has 2 N–H and O–H groups in total. The molecule has 0 radical (unpaired) electrons. The highest BCUT2D eigenvalue weighted by Gasteiger charge is 2.40. The second-order valence-electron chi connectivity index (χ2n) is 3.89. The molecule has 0 aliphatic carbocycles. The number of hydrogen-bond acceptors (Lipinski definition) is 6. The summed E-state index contributed by atoms with van der Waals surface area (Å²) in [6, 6.07) is 0. The van der Waals surface area contributed by atoms with Crippen molar-refractivity contribution in [3.05, 3.63) is 0 Å². The van der Waals surface area contributed by atoms with E-state index < -0.39 is 35.3 Å². The number of likely N-dealkylation sites (N-methyl/N-ethyl adjacent to an activating group) is 1. The number of nitrogens with zero attached hydrogens (tertiary/aromatic N) is 1. The van der Waals surface area contributed by atoms with Crippen LogP contribution in [0.5, 0.6) is 0 Å². The molecule has 18 heavy (non-hydrogen) atoms. The average molecular weight is 323 g/mol. The van der Waals surface area contributed by atoms with Crippen LogP contribution in [0.15, 0.2) is 0 Å². The topological polar surface area (TPSA) is 130 Å². The van der Waals surface area contributed by atoms with Gasteiger partial charge in [-0.3, -0.25) is 9.36 Å². The molecule has 0 amide bonds. The Kier molecular flexibility index (Phi) is 6.13. The number of carbonyl (C=O) groups is 1. The molecule has 0 aromatic heterocycles. The Hall–Kier alpha value is 0.160. The van der Waals surface area contributed by atoms with Gasteiger partial charge in [-0.1, -0.05) is 0 Å². The van der Waals surface area contributed by atoms with Crippen LogP contribution < -0.4 is 0 Å². The Morgan fingerprint density at radius 1 is 1.17 bits per heavy atom. The van der Waals surface area contributed by atoms with Crippen LogP contribution >= 0.6 is 22.9 Å². The van der Waals surface area contributed by atoms with Crippen molar-refractivity contribution < 1.29 is 36.9 Å². The summed E-state index contributed by atoms with van der Waals surface area (Å²) in [6.07, 6.45) is 0. The zero-order valence-electron chi connectivity index (χ0n) is 10.3. The van der Waals surface area contributed by atoms with E-state index in [1.54, 1.807) is 0 Å². The molecular formula is C6H16NO8P3. The maximum Gasteiger partial charge on any atom is 0.486 e. The molecule has 0 rings (SSSR count). The Morgan fingerprint density at radius 2 is 1.61 bits per heavy atom. The molecule has 0 spiro atoms. The molecule has 2 atom stereocenters. The number of Topliss-reactive ketones (excluding diaryl/α,β-unsaturated/α-hetero) is 1. The molecule has 0 bridgehead atoms. The monoisotopic (exact) mass is 323 g/mol. The average Bonchev–Trinajstić information content (AvgIpc) is 1.93. The van der Waals surface area contributed by atoms with Crippen molar-refractivity contribution in [1.82, 2.24) is 4.67 Å². The summed E-state index contributed by atoms with van der Waals surface area (Å²) >= 11 is 0. The van der Waals surface area contributed by atoms with Gasteiger partial charge in [-0.15, -0.1) is 0 Å². The van der Waals surface area contributed by atoms with Crippen LogP contribution in [0.1, 0.15) is 6.92 Å². The highest BCUT2D eigenvalue weighted by Crippen LogP contribution is 2.66. The largest absolute Gasteiger partial charge is 0.486 e. The van der Waals surface area contributed by atoms with E-state index in [1.165, 1.54) is 0 Å². The van der Waals surface area contributed by atoms with Gasteiger partial charge < -0.3 is 9.79 Å². The molecular weight excluding hydrogens is 307 g/mol. The number of phosphoric acid groups is 1. The number of carbonyl (C=O) groups excluding carboxylic acids is 1. The van der Waals surface area contributed by atoms with Crippen LogP contribution in [0.25, 0.3) is 0 Å². The van der Waals surface area contributed by atoms with E-state index in [-0.39, 0.29) is 0 Å². The maximum atomic E-state index is 11.6. The summed E-state index contributed by atoms with van der Waals surface area (Å²) in [4.78, 5) is 29.3. The highest BCUT2D eigenvalue weighted by atomic mass is 31.3. The smallest absolute Gasteiger partial charge is 0.312 e. The van der Waals surface area contributed by atoms with Gasteiger partial charge in [0.15, 0.2) is 0 Å². The molecule has 9 nitrogen and oxygen atoms in total. The van der Waals surface area contributed by atoms with Crippen LogP contribution in [0, 0.1) is 0 Å². The van der Waals surface area contributed by atoms with E-state index in [4.69, 9.17) is 4.89 Å². The Balaban J connectivity index is 4.86. The summed E-state index contributed by atoms with van der Waals surface area (Å²) < 4.78 is 42.9. The zero-order valence-corrected chi connectivity index (χ0v) is 13.0. The van der Waals surface area contributed by atoms with E-state index in [2.05, 4.69) is 8.62 Å². The fourth-order valence-corrected chi connectivity index (χ4v) is 5.20. The fraction of sp³-hybridized carbons (Fsp3) is 0.833. The van der Waals surface area contributed by atoms with Crippen molar-refractivity contribution in [2.75, 3.05) is 26.9 Å². The van der Waals surface area contributed by atoms with E-state index in [1.807, 2.05) is 0 Å². The highest BCUT2D eigenvalue weighted by molar-refractivity contribution is 7.70. The second kappa shape index (κ2) is 6.07. The number of ketones is 1. The first kappa shape index (κ1) is 18.2. The predicted octanol–water partition coefficient (Wildman–Crippen LogP) is 1.28. The lowest BCUT2D eigenvalue weighted by atomic mass is 10.5. The fourth-order valence-electron chi connectivity index (χ4n) is 0.872. The summed E-state index contributed by atoms with van der Waals surface area (Å²) in [6.45, 7) is 2.79. The molecule has 0 fully saturated rings. The first-order valence-electron chi connectivity index (χ1n) is 4.59. The third-order valence-corrected chi connectivity index (χ3v) is 6.47. The van der Waals surface area contributed by atoms with E-state index in [9.17, 15) is 23.4 Å². The second-order valence-corrected chi connectivity index (χ2v) is 10.3. The van der Waals surface area contributed by atoms with Crippen molar-refractivity contribution >= 4 is 28.7 Å². The quantitative estimate of drug-likeness (QED) is 0.665. The summed E-state index contributed by atoms with van der Waals surface area (Å²) in [7, 11) is -12.0. The number of hydrogen-bond donors (Lipinski definition) is 2. The Bertz CT molecular complexity index is 456. The lowest BCUT2D eigenvalue weighted by molar-refractivity contribution is -0.117. The third kappa shape index (κ3) is 7.56. The zero-order chi connectivity index (χ0) is 14.8. The maximum absolute atomic E-state index is 11.6. The Morgan fingerprint density at radius 3 is 1.94 bits per heavy atom. The van der Waals surface area contributed by atoms with Crippen molar-refractivity contribution in [2.45, 2.75) is 6.92 Å². The standard InChI is InChI=1S/C6H16NO8P3/c1-6(8)5-7(2)17(10,11)15-18(12,13)14-16(3,4)9/h5H2,1-4H3,(H,10,11)(H,12,13). The van der Waals surface area contributed by atoms with Crippen LogP contribution in [0.3, 0.4) is 0 Å². The van der Waals surface area contributed by atoms with Gasteiger partial charge in [-0.05, 0) is 14.0 Å². The van der Waals surface area contributed by atoms with E-state index >= 15 is 0 Å². The molecule has 0 aliphatic heterocycles. The van der Waals surface area contributed by atoms with Gasteiger partial charge in [0.05, 0.1) is 6.54 Å². The molecule has 0 saturated heterocycles. The Labute approximate surface area is 105 Å².